The summed E-state index contributed by atoms with van der Waals surface area (Å²) >= 11 is 3.32. The first-order valence-corrected chi connectivity index (χ1v) is 6.54. The molecule has 0 aliphatic heterocycles. The Balaban J connectivity index is 2.26. The number of rotatable bonds is 3. The van der Waals surface area contributed by atoms with Gasteiger partial charge in [0.25, 0.3) is 11.6 Å². The summed E-state index contributed by atoms with van der Waals surface area (Å²) in [4.78, 5) is 23.9. The molecule has 104 valence electrons. The van der Waals surface area contributed by atoms with Crippen LogP contribution in [-0.4, -0.2) is 22.4 Å². The highest BCUT2D eigenvalue weighted by Gasteiger charge is 2.17. The van der Waals surface area contributed by atoms with Gasteiger partial charge in [-0.2, -0.15) is 0 Å². The zero-order valence-electron chi connectivity index (χ0n) is 10.9. The van der Waals surface area contributed by atoms with Gasteiger partial charge in [-0.3, -0.25) is 14.9 Å². The van der Waals surface area contributed by atoms with Gasteiger partial charge in [-0.05, 0) is 34.1 Å². The molecule has 1 aromatic carbocycles. The van der Waals surface area contributed by atoms with Gasteiger partial charge in [0.1, 0.15) is 5.69 Å². The fourth-order valence-corrected chi connectivity index (χ4v) is 2.35. The molecule has 2 aromatic rings. The molecule has 0 radical (unpaired) electrons. The average Bonchev–Trinajstić information content (AvgIpc) is 2.76. The number of anilines is 1. The Morgan fingerprint density at radius 2 is 1.95 bits per heavy atom. The van der Waals surface area contributed by atoms with Crippen molar-refractivity contribution in [3.8, 4) is 0 Å². The van der Waals surface area contributed by atoms with Gasteiger partial charge in [0, 0.05) is 42.6 Å². The van der Waals surface area contributed by atoms with Gasteiger partial charge in [-0.15, -0.1) is 0 Å². The van der Waals surface area contributed by atoms with Crippen LogP contribution in [-0.2, 0) is 7.05 Å². The van der Waals surface area contributed by atoms with E-state index < -0.39 is 4.92 Å². The number of carbonyl (C=O) groups excluding carboxylic acids is 1. The topological polar surface area (TPSA) is 68.4 Å². The van der Waals surface area contributed by atoms with Crippen molar-refractivity contribution in [2.24, 2.45) is 7.05 Å². The molecule has 20 heavy (non-hydrogen) atoms. The second-order valence-electron chi connectivity index (χ2n) is 4.29. The molecule has 7 heteroatoms. The lowest BCUT2D eigenvalue weighted by Crippen LogP contribution is -2.27. The van der Waals surface area contributed by atoms with Crippen molar-refractivity contribution in [3.05, 3.63) is 56.8 Å². The molecule has 0 unspecified atom stereocenters. The highest BCUT2D eigenvalue weighted by Crippen LogP contribution is 2.21. The maximum atomic E-state index is 12.3. The number of hydrogen-bond donors (Lipinski definition) is 0. The van der Waals surface area contributed by atoms with Crippen LogP contribution in [0.1, 0.15) is 10.5 Å². The van der Waals surface area contributed by atoms with E-state index in [-0.39, 0.29) is 11.6 Å². The summed E-state index contributed by atoms with van der Waals surface area (Å²) < 4.78 is 2.54. The Morgan fingerprint density at radius 3 is 2.40 bits per heavy atom. The first kappa shape index (κ1) is 14.3. The van der Waals surface area contributed by atoms with E-state index in [9.17, 15) is 14.9 Å². The minimum atomic E-state index is -0.472. The van der Waals surface area contributed by atoms with E-state index in [4.69, 9.17) is 0 Å². The van der Waals surface area contributed by atoms with Gasteiger partial charge < -0.3 is 9.47 Å². The molecule has 0 saturated carbocycles. The monoisotopic (exact) mass is 337 g/mol. The van der Waals surface area contributed by atoms with E-state index >= 15 is 0 Å². The smallest absolute Gasteiger partial charge is 0.274 e. The summed E-state index contributed by atoms with van der Waals surface area (Å²) in [6, 6.07) is 7.58. The summed E-state index contributed by atoms with van der Waals surface area (Å²) in [7, 11) is 3.41. The Kier molecular flexibility index (Phi) is 3.89. The Morgan fingerprint density at radius 1 is 1.35 bits per heavy atom. The number of amides is 1. The molecule has 0 saturated heterocycles. The van der Waals surface area contributed by atoms with Gasteiger partial charge in [0.15, 0.2) is 0 Å². The second-order valence-corrected chi connectivity index (χ2v) is 5.21. The number of aryl methyl sites for hydroxylation is 1. The number of carbonyl (C=O) groups is 1. The average molecular weight is 338 g/mol. The Hall–Kier alpha value is -2.15. The van der Waals surface area contributed by atoms with Crippen LogP contribution in [0.25, 0.3) is 0 Å². The van der Waals surface area contributed by atoms with Crippen LogP contribution in [0.15, 0.2) is 41.0 Å². The Labute approximate surface area is 123 Å². The summed E-state index contributed by atoms with van der Waals surface area (Å²) in [6.07, 6.45) is 1.79. The molecule has 0 aliphatic carbocycles. The van der Waals surface area contributed by atoms with Crippen molar-refractivity contribution in [2.45, 2.75) is 0 Å². The predicted molar refractivity (Wildman–Crippen MR) is 78.9 cm³/mol. The van der Waals surface area contributed by atoms with Crippen molar-refractivity contribution in [1.29, 1.82) is 0 Å². The van der Waals surface area contributed by atoms with E-state index in [2.05, 4.69) is 15.9 Å². The molecule has 0 fully saturated rings. The third-order valence-corrected chi connectivity index (χ3v) is 3.38. The van der Waals surface area contributed by atoms with Gasteiger partial charge in [0.05, 0.1) is 4.92 Å². The molecular weight excluding hydrogens is 326 g/mol. The lowest BCUT2D eigenvalue weighted by atomic mass is 10.2. The number of nitro benzene ring substituents is 1. The molecule has 0 N–H and O–H groups in total. The van der Waals surface area contributed by atoms with Crippen LogP contribution in [0.4, 0.5) is 11.4 Å². The fourth-order valence-electron chi connectivity index (χ4n) is 1.82. The van der Waals surface area contributed by atoms with E-state index in [0.717, 1.165) is 4.47 Å². The number of nitro groups is 1. The van der Waals surface area contributed by atoms with Gasteiger partial charge >= 0.3 is 0 Å². The molecule has 0 bridgehead atoms. The predicted octanol–water partition coefficient (Wildman–Crippen LogP) is 2.97. The van der Waals surface area contributed by atoms with Crippen molar-refractivity contribution >= 4 is 33.2 Å². The first-order valence-electron chi connectivity index (χ1n) is 5.74. The number of benzene rings is 1. The zero-order valence-corrected chi connectivity index (χ0v) is 12.5. The summed E-state index contributed by atoms with van der Waals surface area (Å²) in [6.45, 7) is 0. The summed E-state index contributed by atoms with van der Waals surface area (Å²) in [5, 5.41) is 10.6. The van der Waals surface area contributed by atoms with Crippen LogP contribution in [0, 0.1) is 10.1 Å². The van der Waals surface area contributed by atoms with Crippen LogP contribution in [0.2, 0.25) is 0 Å². The molecule has 0 spiro atoms. The lowest BCUT2D eigenvalue weighted by molar-refractivity contribution is -0.384. The number of halogens is 1. The second kappa shape index (κ2) is 5.46. The van der Waals surface area contributed by atoms with E-state index in [1.165, 1.54) is 17.0 Å². The van der Waals surface area contributed by atoms with E-state index in [0.29, 0.717) is 11.4 Å². The number of aromatic nitrogens is 1. The van der Waals surface area contributed by atoms with Gasteiger partial charge in [0.2, 0.25) is 0 Å². The Bertz CT molecular complexity index is 664. The first-order chi connectivity index (χ1) is 9.40. The van der Waals surface area contributed by atoms with Crippen LogP contribution in [0.3, 0.4) is 0 Å². The van der Waals surface area contributed by atoms with Crippen molar-refractivity contribution in [2.75, 3.05) is 11.9 Å². The molecule has 6 nitrogen and oxygen atoms in total. The molecule has 1 amide bonds. The summed E-state index contributed by atoms with van der Waals surface area (Å²) in [5.74, 6) is -0.188. The van der Waals surface area contributed by atoms with Crippen LogP contribution in [0.5, 0.6) is 0 Å². The molecule has 1 aromatic heterocycles. The number of non-ortho nitro benzene ring substituents is 1. The lowest BCUT2D eigenvalue weighted by Gasteiger charge is -2.17. The van der Waals surface area contributed by atoms with Crippen molar-refractivity contribution in [3.63, 3.8) is 0 Å². The van der Waals surface area contributed by atoms with Crippen molar-refractivity contribution in [1.82, 2.24) is 4.57 Å². The largest absolute Gasteiger partial charge is 0.345 e. The van der Waals surface area contributed by atoms with E-state index in [1.807, 2.05) is 0 Å². The molecule has 0 aliphatic rings. The standard InChI is InChI=1S/C13H12BrN3O3/c1-15-8-9(14)7-12(15)13(18)16(2)10-3-5-11(6-4-10)17(19)20/h3-8H,1-2H3. The molecule has 1 heterocycles. The third-order valence-electron chi connectivity index (χ3n) is 2.94. The normalized spacial score (nSPS) is 10.3. The number of hydrogen-bond acceptors (Lipinski definition) is 3. The van der Waals surface area contributed by atoms with Crippen LogP contribution < -0.4 is 4.90 Å². The highest BCUT2D eigenvalue weighted by molar-refractivity contribution is 9.10. The number of nitrogens with zero attached hydrogens (tertiary/aromatic N) is 3. The van der Waals surface area contributed by atoms with Gasteiger partial charge in [-0.25, -0.2) is 0 Å². The summed E-state index contributed by atoms with van der Waals surface area (Å²) in [5.41, 5.74) is 1.12. The van der Waals surface area contributed by atoms with Crippen molar-refractivity contribution < 1.29 is 9.72 Å². The zero-order chi connectivity index (χ0) is 14.9. The molecule has 2 rings (SSSR count). The minimum Gasteiger partial charge on any atom is -0.345 e. The molecular formula is C13H12BrN3O3. The fraction of sp³-hybridized carbons (Fsp3) is 0.154. The minimum absolute atomic E-state index is 0.00351. The highest BCUT2D eigenvalue weighted by atomic mass is 79.9. The molecule has 0 atom stereocenters. The SMILES string of the molecule is CN(C(=O)c1cc(Br)cn1C)c1ccc([N+](=O)[O-])cc1. The van der Waals surface area contributed by atoms with E-state index in [1.54, 1.807) is 43.1 Å². The maximum Gasteiger partial charge on any atom is 0.274 e. The quantitative estimate of drug-likeness (QED) is 0.638. The third kappa shape index (κ3) is 2.72. The van der Waals surface area contributed by atoms with Gasteiger partial charge in [-0.1, -0.05) is 0 Å². The maximum absolute atomic E-state index is 12.3. The van der Waals surface area contributed by atoms with Crippen LogP contribution >= 0.6 is 15.9 Å².